The first-order valence-corrected chi connectivity index (χ1v) is 10.5. The molecule has 0 spiro atoms. The smallest absolute Gasteiger partial charge is 0.252 e. The van der Waals surface area contributed by atoms with Crippen molar-refractivity contribution < 1.29 is 22.4 Å². The Bertz CT molecular complexity index is 1040. The fourth-order valence-corrected chi connectivity index (χ4v) is 5.30. The molecule has 2 aliphatic rings. The van der Waals surface area contributed by atoms with E-state index < -0.39 is 33.7 Å². The van der Waals surface area contributed by atoms with E-state index in [4.69, 9.17) is 11.6 Å². The molecular formula is C19H16ClFN2O4S. The van der Waals surface area contributed by atoms with E-state index in [-0.39, 0.29) is 23.0 Å². The number of halogens is 2. The van der Waals surface area contributed by atoms with Crippen molar-refractivity contribution in [3.63, 3.8) is 0 Å². The molecule has 1 aliphatic heterocycles. The van der Waals surface area contributed by atoms with Crippen LogP contribution in [0.1, 0.15) is 19.3 Å². The molecule has 146 valence electrons. The number of nitrogens with zero attached hydrogens (tertiary/aromatic N) is 2. The highest BCUT2D eigenvalue weighted by molar-refractivity contribution is 7.89. The summed E-state index contributed by atoms with van der Waals surface area (Å²) in [6.07, 6.45) is 1.00. The highest BCUT2D eigenvalue weighted by atomic mass is 35.5. The number of anilines is 1. The van der Waals surface area contributed by atoms with E-state index in [2.05, 4.69) is 0 Å². The Morgan fingerprint density at radius 3 is 2.18 bits per heavy atom. The maximum absolute atomic E-state index is 13.2. The van der Waals surface area contributed by atoms with E-state index in [0.29, 0.717) is 17.9 Å². The van der Waals surface area contributed by atoms with Gasteiger partial charge in [0.25, 0.3) is 5.91 Å². The Kier molecular flexibility index (Phi) is 4.73. The summed E-state index contributed by atoms with van der Waals surface area (Å²) in [5, 5.41) is 0.395. The number of carbonyl (C=O) groups is 2. The molecule has 0 bridgehead atoms. The second kappa shape index (κ2) is 6.95. The molecule has 6 nitrogen and oxygen atoms in total. The van der Waals surface area contributed by atoms with Crippen LogP contribution in [-0.4, -0.2) is 36.6 Å². The fourth-order valence-electron chi connectivity index (χ4n) is 3.35. The Morgan fingerprint density at radius 2 is 1.61 bits per heavy atom. The molecule has 1 atom stereocenters. The molecule has 1 aliphatic carbocycles. The first kappa shape index (κ1) is 19.0. The Labute approximate surface area is 166 Å². The van der Waals surface area contributed by atoms with Crippen molar-refractivity contribution in [2.24, 2.45) is 0 Å². The molecule has 2 amide bonds. The largest absolute Gasteiger partial charge is 0.274 e. The van der Waals surface area contributed by atoms with Crippen molar-refractivity contribution in [3.05, 3.63) is 59.4 Å². The molecule has 0 radical (unpaired) electrons. The van der Waals surface area contributed by atoms with Crippen LogP contribution in [0.2, 0.25) is 5.02 Å². The van der Waals surface area contributed by atoms with E-state index in [1.807, 2.05) is 0 Å². The van der Waals surface area contributed by atoms with Gasteiger partial charge in [0.05, 0.1) is 17.0 Å². The Morgan fingerprint density at radius 1 is 1.00 bits per heavy atom. The maximum atomic E-state index is 13.2. The molecule has 1 saturated carbocycles. The summed E-state index contributed by atoms with van der Waals surface area (Å²) in [5.74, 6) is -1.64. The zero-order valence-corrected chi connectivity index (χ0v) is 16.2. The van der Waals surface area contributed by atoms with Gasteiger partial charge in [0.2, 0.25) is 15.9 Å². The molecule has 2 aromatic rings. The van der Waals surface area contributed by atoms with Crippen LogP contribution < -0.4 is 4.90 Å². The minimum absolute atomic E-state index is 0.0179. The number of benzene rings is 2. The van der Waals surface area contributed by atoms with Crippen molar-refractivity contribution in [1.82, 2.24) is 4.31 Å². The van der Waals surface area contributed by atoms with Crippen LogP contribution in [0.25, 0.3) is 0 Å². The van der Waals surface area contributed by atoms with Gasteiger partial charge in [-0.15, -0.1) is 0 Å². The molecule has 0 N–H and O–H groups in total. The van der Waals surface area contributed by atoms with Crippen molar-refractivity contribution in [1.29, 1.82) is 0 Å². The lowest BCUT2D eigenvalue weighted by Gasteiger charge is -2.26. The Balaban J connectivity index is 1.69. The second-order valence-electron chi connectivity index (χ2n) is 6.78. The highest BCUT2D eigenvalue weighted by Crippen LogP contribution is 2.38. The molecule has 1 heterocycles. The van der Waals surface area contributed by atoms with E-state index in [9.17, 15) is 22.4 Å². The SMILES string of the molecule is O=C1CC(N(C2CC2)S(=O)(=O)c2ccc(Cl)cc2)C(=O)N1c1ccc(F)cc1. The van der Waals surface area contributed by atoms with E-state index >= 15 is 0 Å². The van der Waals surface area contributed by atoms with Crippen LogP contribution in [-0.2, 0) is 19.6 Å². The summed E-state index contributed by atoms with van der Waals surface area (Å²) in [7, 11) is -3.99. The molecule has 1 unspecified atom stereocenters. The Hall–Kier alpha value is -2.29. The van der Waals surface area contributed by atoms with E-state index in [1.165, 1.54) is 36.4 Å². The average molecular weight is 423 g/mol. The van der Waals surface area contributed by atoms with Crippen LogP contribution in [0.15, 0.2) is 53.4 Å². The average Bonchev–Trinajstić information content (AvgIpc) is 3.43. The van der Waals surface area contributed by atoms with Crippen LogP contribution in [0.5, 0.6) is 0 Å². The van der Waals surface area contributed by atoms with Crippen LogP contribution in [0, 0.1) is 5.82 Å². The predicted octanol–water partition coefficient (Wildman–Crippen LogP) is 2.96. The van der Waals surface area contributed by atoms with E-state index in [0.717, 1.165) is 21.3 Å². The molecule has 4 rings (SSSR count). The van der Waals surface area contributed by atoms with Crippen LogP contribution in [0.3, 0.4) is 0 Å². The van der Waals surface area contributed by atoms with Gasteiger partial charge in [-0.3, -0.25) is 9.59 Å². The fraction of sp³-hybridized carbons (Fsp3) is 0.263. The molecule has 2 fully saturated rings. The maximum Gasteiger partial charge on any atom is 0.252 e. The zero-order valence-electron chi connectivity index (χ0n) is 14.6. The minimum Gasteiger partial charge on any atom is -0.274 e. The molecule has 28 heavy (non-hydrogen) atoms. The number of carbonyl (C=O) groups excluding carboxylic acids is 2. The molecule has 2 aromatic carbocycles. The third kappa shape index (κ3) is 3.32. The number of imide groups is 1. The predicted molar refractivity (Wildman–Crippen MR) is 101 cm³/mol. The van der Waals surface area contributed by atoms with Crippen molar-refractivity contribution in [2.45, 2.75) is 36.2 Å². The minimum atomic E-state index is -3.99. The van der Waals surface area contributed by atoms with Gasteiger partial charge in [-0.05, 0) is 61.4 Å². The summed E-state index contributed by atoms with van der Waals surface area (Å²) in [4.78, 5) is 26.4. The second-order valence-corrected chi connectivity index (χ2v) is 9.06. The monoisotopic (exact) mass is 422 g/mol. The van der Waals surface area contributed by atoms with Crippen molar-refractivity contribution in [2.75, 3.05) is 4.90 Å². The number of sulfonamides is 1. The molecule has 1 saturated heterocycles. The van der Waals surface area contributed by atoms with Crippen molar-refractivity contribution in [3.8, 4) is 0 Å². The van der Waals surface area contributed by atoms with Gasteiger partial charge in [-0.25, -0.2) is 17.7 Å². The lowest BCUT2D eigenvalue weighted by atomic mass is 10.2. The van der Waals surface area contributed by atoms with Gasteiger partial charge in [0.15, 0.2) is 0 Å². The lowest BCUT2D eigenvalue weighted by molar-refractivity contribution is -0.122. The van der Waals surface area contributed by atoms with Crippen LogP contribution in [0.4, 0.5) is 10.1 Å². The summed E-state index contributed by atoms with van der Waals surface area (Å²) in [6.45, 7) is 0. The standard InChI is InChI=1S/C19H16ClFN2O4S/c20-12-1-9-16(10-2-12)28(26,27)23(15-7-8-15)17-11-18(24)22(19(17)25)14-5-3-13(21)4-6-14/h1-6,9-10,15,17H,7-8,11H2. The zero-order chi connectivity index (χ0) is 20.1. The number of rotatable bonds is 5. The van der Waals surface area contributed by atoms with Crippen LogP contribution >= 0.6 is 11.6 Å². The topological polar surface area (TPSA) is 74.8 Å². The van der Waals surface area contributed by atoms with Gasteiger partial charge >= 0.3 is 0 Å². The molecule has 0 aromatic heterocycles. The normalized spacial score (nSPS) is 20.2. The summed E-state index contributed by atoms with van der Waals surface area (Å²) >= 11 is 5.84. The number of hydrogen-bond donors (Lipinski definition) is 0. The van der Waals surface area contributed by atoms with E-state index in [1.54, 1.807) is 0 Å². The van der Waals surface area contributed by atoms with Gasteiger partial charge < -0.3 is 0 Å². The first-order valence-electron chi connectivity index (χ1n) is 8.70. The van der Waals surface area contributed by atoms with Gasteiger partial charge in [0, 0.05) is 11.1 Å². The lowest BCUT2D eigenvalue weighted by Crippen LogP contribution is -2.46. The first-order chi connectivity index (χ1) is 13.3. The quantitative estimate of drug-likeness (QED) is 0.694. The van der Waals surface area contributed by atoms with Gasteiger partial charge in [-0.1, -0.05) is 11.6 Å². The number of hydrogen-bond acceptors (Lipinski definition) is 4. The molecular weight excluding hydrogens is 407 g/mol. The summed E-state index contributed by atoms with van der Waals surface area (Å²) < 4.78 is 40.7. The third-order valence-electron chi connectivity index (χ3n) is 4.81. The highest BCUT2D eigenvalue weighted by Gasteiger charge is 2.51. The third-order valence-corrected chi connectivity index (χ3v) is 7.04. The summed E-state index contributed by atoms with van der Waals surface area (Å²) in [5.41, 5.74) is 0.221. The van der Waals surface area contributed by atoms with Crippen molar-refractivity contribution >= 4 is 39.1 Å². The van der Waals surface area contributed by atoms with Gasteiger partial charge in [0.1, 0.15) is 11.9 Å². The molecule has 9 heteroatoms. The van der Waals surface area contributed by atoms with Gasteiger partial charge in [-0.2, -0.15) is 4.31 Å². The summed E-state index contributed by atoms with van der Waals surface area (Å²) in [6, 6.07) is 9.18. The number of amides is 2.